The molecular weight excluding hydrogens is 282 g/mol. The fourth-order valence-corrected chi connectivity index (χ4v) is 2.66. The van der Waals surface area contributed by atoms with Crippen LogP contribution in [0.5, 0.6) is 0 Å². The van der Waals surface area contributed by atoms with Gasteiger partial charge in [0.05, 0.1) is 11.6 Å². The first-order chi connectivity index (χ1) is 9.41. The van der Waals surface area contributed by atoms with Crippen LogP contribution in [0.25, 0.3) is 0 Å². The molecule has 1 aromatic carbocycles. The summed E-state index contributed by atoms with van der Waals surface area (Å²) in [7, 11) is 1.60. The van der Waals surface area contributed by atoms with E-state index in [-0.39, 0.29) is 17.3 Å². The molecule has 0 aliphatic heterocycles. The third-order valence-corrected chi connectivity index (χ3v) is 4.22. The Labute approximate surface area is 119 Å². The highest BCUT2D eigenvalue weighted by Gasteiger charge is 2.22. The van der Waals surface area contributed by atoms with Crippen molar-refractivity contribution >= 4 is 22.9 Å². The van der Waals surface area contributed by atoms with Gasteiger partial charge in [-0.3, -0.25) is 4.79 Å². The Bertz CT molecular complexity index is 628. The first-order valence-corrected chi connectivity index (χ1v) is 6.85. The molecule has 1 atom stereocenters. The van der Waals surface area contributed by atoms with Crippen LogP contribution in [0.4, 0.5) is 14.5 Å². The van der Waals surface area contributed by atoms with E-state index in [0.29, 0.717) is 0 Å². The molecule has 0 saturated heterocycles. The summed E-state index contributed by atoms with van der Waals surface area (Å²) in [5.74, 6) is -2.59. The van der Waals surface area contributed by atoms with Crippen LogP contribution in [0.15, 0.2) is 29.6 Å². The molecule has 0 spiro atoms. The van der Waals surface area contributed by atoms with Crippen LogP contribution in [-0.2, 0) is 0 Å². The minimum absolute atomic E-state index is 0.0326. The summed E-state index contributed by atoms with van der Waals surface area (Å²) in [5.41, 5.74) is 5.49. The number of nitrogens with two attached hydrogens (primary N) is 1. The molecule has 1 heterocycles. The maximum atomic E-state index is 13.3. The van der Waals surface area contributed by atoms with Crippen molar-refractivity contribution in [1.82, 2.24) is 4.90 Å². The lowest BCUT2D eigenvalue weighted by Crippen LogP contribution is -2.30. The molecule has 2 rings (SSSR count). The van der Waals surface area contributed by atoms with Gasteiger partial charge in [-0.25, -0.2) is 8.78 Å². The SMILES string of the molecule is CC(c1cccs1)N(C)C(=O)c1cc(F)c(F)cc1N. The highest BCUT2D eigenvalue weighted by atomic mass is 32.1. The number of rotatable bonds is 3. The van der Waals surface area contributed by atoms with E-state index in [1.165, 1.54) is 16.2 Å². The Morgan fingerprint density at radius 2 is 2.00 bits per heavy atom. The molecule has 0 bridgehead atoms. The number of carbonyl (C=O) groups excluding carboxylic acids is 1. The van der Waals surface area contributed by atoms with Crippen molar-refractivity contribution in [3.8, 4) is 0 Å². The Hall–Kier alpha value is -1.95. The average Bonchev–Trinajstić information content (AvgIpc) is 2.94. The Balaban J connectivity index is 2.29. The fraction of sp³-hybridized carbons (Fsp3) is 0.214. The van der Waals surface area contributed by atoms with Crippen LogP contribution >= 0.6 is 11.3 Å². The van der Waals surface area contributed by atoms with Gasteiger partial charge in [0, 0.05) is 23.7 Å². The van der Waals surface area contributed by atoms with Crippen LogP contribution in [-0.4, -0.2) is 17.9 Å². The minimum atomic E-state index is -1.08. The number of nitrogens with zero attached hydrogens (tertiary/aromatic N) is 1. The maximum absolute atomic E-state index is 13.3. The number of hydrogen-bond donors (Lipinski definition) is 1. The molecule has 1 aromatic heterocycles. The standard InChI is InChI=1S/C14H14F2N2OS/c1-8(13-4-3-5-20-13)18(2)14(19)9-6-10(15)11(16)7-12(9)17/h3-8H,17H2,1-2H3. The summed E-state index contributed by atoms with van der Waals surface area (Å²) >= 11 is 1.52. The molecule has 2 N–H and O–H groups in total. The van der Waals surface area contributed by atoms with Gasteiger partial charge < -0.3 is 10.6 Å². The van der Waals surface area contributed by atoms with Gasteiger partial charge in [-0.2, -0.15) is 0 Å². The van der Waals surface area contributed by atoms with Crippen molar-refractivity contribution in [3.63, 3.8) is 0 Å². The van der Waals surface area contributed by atoms with E-state index in [0.717, 1.165) is 17.0 Å². The summed E-state index contributed by atoms with van der Waals surface area (Å²) in [6.07, 6.45) is 0. The molecule has 0 saturated carbocycles. The van der Waals surface area contributed by atoms with Crippen molar-refractivity contribution < 1.29 is 13.6 Å². The number of benzene rings is 1. The molecule has 106 valence electrons. The van der Waals surface area contributed by atoms with Crippen molar-refractivity contribution in [1.29, 1.82) is 0 Å². The van der Waals surface area contributed by atoms with E-state index in [2.05, 4.69) is 0 Å². The maximum Gasteiger partial charge on any atom is 0.256 e. The van der Waals surface area contributed by atoms with Gasteiger partial charge in [0.1, 0.15) is 0 Å². The number of carbonyl (C=O) groups is 1. The minimum Gasteiger partial charge on any atom is -0.398 e. The number of thiophene rings is 1. The van der Waals surface area contributed by atoms with Gasteiger partial charge in [0.2, 0.25) is 0 Å². The monoisotopic (exact) mass is 296 g/mol. The summed E-state index contributed by atoms with van der Waals surface area (Å²) in [5, 5.41) is 1.91. The molecular formula is C14H14F2N2OS. The number of halogens is 2. The van der Waals surface area contributed by atoms with Crippen molar-refractivity contribution in [2.45, 2.75) is 13.0 Å². The molecule has 0 fully saturated rings. The van der Waals surface area contributed by atoms with E-state index in [4.69, 9.17) is 5.73 Å². The molecule has 6 heteroatoms. The molecule has 0 aliphatic carbocycles. The van der Waals surface area contributed by atoms with Crippen LogP contribution in [0.1, 0.15) is 28.2 Å². The van der Waals surface area contributed by atoms with Crippen LogP contribution < -0.4 is 5.73 Å². The Morgan fingerprint density at radius 3 is 2.60 bits per heavy atom. The topological polar surface area (TPSA) is 46.3 Å². The van der Waals surface area contributed by atoms with Gasteiger partial charge in [0.25, 0.3) is 5.91 Å². The van der Waals surface area contributed by atoms with E-state index in [1.807, 2.05) is 24.4 Å². The predicted octanol–water partition coefficient (Wildman–Crippen LogP) is 3.44. The summed E-state index contributed by atoms with van der Waals surface area (Å²) < 4.78 is 26.3. The van der Waals surface area contributed by atoms with E-state index < -0.39 is 17.5 Å². The third kappa shape index (κ3) is 2.65. The van der Waals surface area contributed by atoms with Crippen LogP contribution in [0.2, 0.25) is 0 Å². The molecule has 0 aliphatic rings. The Morgan fingerprint density at radius 1 is 1.35 bits per heavy atom. The van der Waals surface area contributed by atoms with Gasteiger partial charge >= 0.3 is 0 Å². The molecule has 1 unspecified atom stereocenters. The zero-order valence-corrected chi connectivity index (χ0v) is 11.9. The molecule has 1 amide bonds. The first-order valence-electron chi connectivity index (χ1n) is 5.97. The number of anilines is 1. The highest BCUT2D eigenvalue weighted by molar-refractivity contribution is 7.10. The summed E-state index contributed by atoms with van der Waals surface area (Å²) in [4.78, 5) is 14.8. The third-order valence-electron chi connectivity index (χ3n) is 3.18. The number of amides is 1. The lowest BCUT2D eigenvalue weighted by molar-refractivity contribution is 0.0745. The van der Waals surface area contributed by atoms with Crippen molar-refractivity contribution in [3.05, 3.63) is 51.7 Å². The predicted molar refractivity (Wildman–Crippen MR) is 75.6 cm³/mol. The molecule has 2 aromatic rings. The van der Waals surface area contributed by atoms with Crippen LogP contribution in [0.3, 0.4) is 0 Å². The molecule has 0 radical (unpaired) electrons. The van der Waals surface area contributed by atoms with Gasteiger partial charge in [0.15, 0.2) is 11.6 Å². The summed E-state index contributed by atoms with van der Waals surface area (Å²) in [6, 6.07) is 5.29. The second-order valence-electron chi connectivity index (χ2n) is 4.46. The first kappa shape index (κ1) is 14.5. The van der Waals surface area contributed by atoms with Crippen LogP contribution in [0, 0.1) is 11.6 Å². The quantitative estimate of drug-likeness (QED) is 0.882. The van der Waals surface area contributed by atoms with Gasteiger partial charge in [-0.05, 0) is 24.4 Å². The van der Waals surface area contributed by atoms with E-state index in [1.54, 1.807) is 7.05 Å². The average molecular weight is 296 g/mol. The normalized spacial score (nSPS) is 12.2. The van der Waals surface area contributed by atoms with E-state index in [9.17, 15) is 13.6 Å². The Kier molecular flexibility index (Phi) is 4.04. The number of hydrogen-bond acceptors (Lipinski definition) is 3. The van der Waals surface area contributed by atoms with E-state index >= 15 is 0 Å². The zero-order chi connectivity index (χ0) is 14.9. The van der Waals surface area contributed by atoms with Crippen molar-refractivity contribution in [2.75, 3.05) is 12.8 Å². The molecule has 20 heavy (non-hydrogen) atoms. The second-order valence-corrected chi connectivity index (χ2v) is 5.44. The summed E-state index contributed by atoms with van der Waals surface area (Å²) in [6.45, 7) is 1.86. The van der Waals surface area contributed by atoms with Crippen molar-refractivity contribution in [2.24, 2.45) is 0 Å². The fourth-order valence-electron chi connectivity index (χ4n) is 1.83. The lowest BCUT2D eigenvalue weighted by Gasteiger charge is -2.24. The highest BCUT2D eigenvalue weighted by Crippen LogP contribution is 2.26. The lowest BCUT2D eigenvalue weighted by atomic mass is 10.1. The molecule has 3 nitrogen and oxygen atoms in total. The number of nitrogen functional groups attached to an aromatic ring is 1. The zero-order valence-electron chi connectivity index (χ0n) is 11.1. The second kappa shape index (κ2) is 5.58. The largest absolute Gasteiger partial charge is 0.398 e. The smallest absolute Gasteiger partial charge is 0.256 e. The van der Waals surface area contributed by atoms with Gasteiger partial charge in [-0.1, -0.05) is 6.07 Å². The van der Waals surface area contributed by atoms with Gasteiger partial charge in [-0.15, -0.1) is 11.3 Å².